The molecule has 154 valence electrons. The number of nitrogens with one attached hydrogen (secondary N) is 1. The molecule has 0 amide bonds. The van der Waals surface area contributed by atoms with Gasteiger partial charge in [-0.1, -0.05) is 42.5 Å². The smallest absolute Gasteiger partial charge is 0.239 e. The lowest BCUT2D eigenvalue weighted by Gasteiger charge is -2.15. The third-order valence-electron chi connectivity index (χ3n) is 5.21. The number of aryl methyl sites for hydroxylation is 1. The maximum Gasteiger partial charge on any atom is 0.239 e. The molecule has 7 nitrogen and oxygen atoms in total. The summed E-state index contributed by atoms with van der Waals surface area (Å²) in [7, 11) is 1.65. The van der Waals surface area contributed by atoms with Crippen molar-refractivity contribution in [3.63, 3.8) is 0 Å². The second-order valence-corrected chi connectivity index (χ2v) is 7.37. The number of benzene rings is 3. The number of methoxy groups -OCH3 is 1. The average molecular weight is 410 g/mol. The van der Waals surface area contributed by atoms with E-state index in [1.54, 1.807) is 11.7 Å². The van der Waals surface area contributed by atoms with E-state index >= 15 is 0 Å². The number of aromatic nitrogens is 4. The number of nitrogens with zero attached hydrogens (tertiary/aromatic N) is 4. The number of ether oxygens (including phenoxy) is 1. The first kappa shape index (κ1) is 18.9. The van der Waals surface area contributed by atoms with Crippen molar-refractivity contribution in [3.8, 4) is 11.7 Å². The lowest BCUT2D eigenvalue weighted by molar-refractivity contribution is 0.418. The Balaban J connectivity index is 1.72. The molecule has 5 aromatic rings. The third-order valence-corrected chi connectivity index (χ3v) is 5.21. The zero-order chi connectivity index (χ0) is 21.4. The van der Waals surface area contributed by atoms with Gasteiger partial charge in [0.25, 0.3) is 0 Å². The van der Waals surface area contributed by atoms with Gasteiger partial charge in [-0.05, 0) is 42.3 Å². The van der Waals surface area contributed by atoms with Crippen LogP contribution in [0.4, 0.5) is 11.8 Å². The van der Waals surface area contributed by atoms with Crippen LogP contribution in [-0.2, 0) is 6.54 Å². The van der Waals surface area contributed by atoms with E-state index in [4.69, 9.17) is 20.4 Å². The first-order valence-corrected chi connectivity index (χ1v) is 10.0. The summed E-state index contributed by atoms with van der Waals surface area (Å²) >= 11 is 0. The van der Waals surface area contributed by atoms with E-state index in [0.29, 0.717) is 35.5 Å². The number of rotatable bonds is 5. The van der Waals surface area contributed by atoms with Gasteiger partial charge in [-0.25, -0.2) is 14.5 Å². The van der Waals surface area contributed by atoms with E-state index in [1.165, 1.54) is 0 Å². The van der Waals surface area contributed by atoms with Gasteiger partial charge in [-0.15, -0.1) is 0 Å². The number of imidazole rings is 1. The minimum atomic E-state index is 0.334. The number of fused-ring (bicyclic) bond motifs is 2. The number of hydrogen-bond acceptors (Lipinski definition) is 6. The number of nitrogens with two attached hydrogens (primary N) is 1. The van der Waals surface area contributed by atoms with Crippen LogP contribution in [0.2, 0.25) is 0 Å². The summed E-state index contributed by atoms with van der Waals surface area (Å²) in [5.74, 6) is 2.17. The van der Waals surface area contributed by atoms with Crippen molar-refractivity contribution < 1.29 is 4.74 Å². The van der Waals surface area contributed by atoms with Crippen molar-refractivity contribution in [2.24, 2.45) is 0 Å². The minimum Gasteiger partial charge on any atom is -0.494 e. The molecule has 0 fully saturated rings. The predicted octanol–water partition coefficient (Wildman–Crippen LogP) is 4.48. The molecule has 0 bridgehead atoms. The topological polar surface area (TPSA) is 90.9 Å². The summed E-state index contributed by atoms with van der Waals surface area (Å²) in [5.41, 5.74) is 10.8. The monoisotopic (exact) mass is 410 g/mol. The first-order valence-electron chi connectivity index (χ1n) is 10.0. The van der Waals surface area contributed by atoms with Crippen molar-refractivity contribution in [3.05, 3.63) is 77.9 Å². The Morgan fingerprint density at radius 1 is 0.968 bits per heavy atom. The van der Waals surface area contributed by atoms with Crippen LogP contribution < -0.4 is 15.8 Å². The zero-order valence-electron chi connectivity index (χ0n) is 17.3. The Kier molecular flexibility index (Phi) is 4.63. The van der Waals surface area contributed by atoms with Gasteiger partial charge in [0.1, 0.15) is 17.1 Å². The Labute approximate surface area is 179 Å². The van der Waals surface area contributed by atoms with Gasteiger partial charge in [0, 0.05) is 11.9 Å². The highest BCUT2D eigenvalue weighted by Gasteiger charge is 2.17. The summed E-state index contributed by atoms with van der Waals surface area (Å²) in [6.07, 6.45) is 0. The Hall–Kier alpha value is -4.13. The molecule has 0 saturated heterocycles. The van der Waals surface area contributed by atoms with Gasteiger partial charge < -0.3 is 15.8 Å². The lowest BCUT2D eigenvalue weighted by Crippen LogP contribution is -2.10. The van der Waals surface area contributed by atoms with Crippen LogP contribution in [0.15, 0.2) is 66.7 Å². The van der Waals surface area contributed by atoms with E-state index in [0.717, 1.165) is 27.5 Å². The third kappa shape index (κ3) is 3.40. The van der Waals surface area contributed by atoms with E-state index in [2.05, 4.69) is 28.5 Å². The molecule has 3 aromatic carbocycles. The van der Waals surface area contributed by atoms with Crippen LogP contribution in [0.25, 0.3) is 27.9 Å². The molecule has 7 heteroatoms. The van der Waals surface area contributed by atoms with Crippen LogP contribution in [0.5, 0.6) is 5.75 Å². The Morgan fingerprint density at radius 3 is 2.55 bits per heavy atom. The Morgan fingerprint density at radius 2 is 1.74 bits per heavy atom. The quantitative estimate of drug-likeness (QED) is 0.444. The Bertz CT molecular complexity index is 1390. The van der Waals surface area contributed by atoms with Gasteiger partial charge >= 0.3 is 0 Å². The van der Waals surface area contributed by atoms with Gasteiger partial charge in [-0.2, -0.15) is 4.98 Å². The highest BCUT2D eigenvalue weighted by molar-refractivity contribution is 5.94. The van der Waals surface area contributed by atoms with Crippen LogP contribution in [-0.4, -0.2) is 26.6 Å². The predicted molar refractivity (Wildman–Crippen MR) is 124 cm³/mol. The standard InChI is InChI=1S/C24H22N6O/c1-15-12-17-21(20(13-15)31-2)28-24(29-22(17)26-14-16-8-4-3-5-9-16)30-19-11-7-6-10-18(19)27-23(30)25/h3-13H,14H2,1-2H3,(H2,25,27)(H,26,28,29). The maximum absolute atomic E-state index is 6.26. The molecule has 0 aliphatic rings. The largest absolute Gasteiger partial charge is 0.494 e. The van der Waals surface area contributed by atoms with E-state index in [-0.39, 0.29) is 0 Å². The molecule has 2 aromatic heterocycles. The maximum atomic E-state index is 6.26. The number of nitrogen functional groups attached to an aromatic ring is 1. The molecule has 31 heavy (non-hydrogen) atoms. The molecule has 2 heterocycles. The molecule has 5 rings (SSSR count). The molecule has 0 unspecified atom stereocenters. The van der Waals surface area contributed by atoms with Crippen molar-refractivity contribution in [2.45, 2.75) is 13.5 Å². The number of para-hydroxylation sites is 2. The van der Waals surface area contributed by atoms with E-state index < -0.39 is 0 Å². The molecular formula is C24H22N6O. The van der Waals surface area contributed by atoms with Crippen LogP contribution in [0.3, 0.4) is 0 Å². The van der Waals surface area contributed by atoms with E-state index in [1.807, 2.05) is 55.5 Å². The van der Waals surface area contributed by atoms with Gasteiger partial charge in [-0.3, -0.25) is 0 Å². The van der Waals surface area contributed by atoms with Crippen LogP contribution in [0, 0.1) is 6.92 Å². The highest BCUT2D eigenvalue weighted by atomic mass is 16.5. The van der Waals surface area contributed by atoms with Crippen LogP contribution in [0.1, 0.15) is 11.1 Å². The molecule has 0 radical (unpaired) electrons. The molecule has 0 aliphatic heterocycles. The summed E-state index contributed by atoms with van der Waals surface area (Å²) in [5, 5.41) is 4.36. The summed E-state index contributed by atoms with van der Waals surface area (Å²) in [6.45, 7) is 2.65. The summed E-state index contributed by atoms with van der Waals surface area (Å²) < 4.78 is 7.41. The summed E-state index contributed by atoms with van der Waals surface area (Å²) in [4.78, 5) is 14.1. The van der Waals surface area contributed by atoms with Gasteiger partial charge in [0.2, 0.25) is 11.9 Å². The molecule has 3 N–H and O–H groups in total. The fourth-order valence-corrected chi connectivity index (χ4v) is 3.75. The number of hydrogen-bond donors (Lipinski definition) is 2. The SMILES string of the molecule is COc1cc(C)cc2c(NCc3ccccc3)nc(-n3c(N)nc4ccccc43)nc12. The molecule has 0 aliphatic carbocycles. The van der Waals surface area contributed by atoms with Gasteiger partial charge in [0.15, 0.2) is 0 Å². The molecule has 0 spiro atoms. The van der Waals surface area contributed by atoms with Crippen molar-refractivity contribution in [1.29, 1.82) is 0 Å². The minimum absolute atomic E-state index is 0.334. The zero-order valence-corrected chi connectivity index (χ0v) is 17.3. The van der Waals surface area contributed by atoms with Crippen LogP contribution >= 0.6 is 0 Å². The van der Waals surface area contributed by atoms with Crippen molar-refractivity contribution >= 4 is 33.7 Å². The fourth-order valence-electron chi connectivity index (χ4n) is 3.75. The first-order chi connectivity index (χ1) is 15.1. The van der Waals surface area contributed by atoms with Crippen molar-refractivity contribution in [2.75, 3.05) is 18.2 Å². The molecule has 0 atom stereocenters. The normalized spacial score (nSPS) is 11.2. The highest BCUT2D eigenvalue weighted by Crippen LogP contribution is 2.32. The summed E-state index contributed by atoms with van der Waals surface area (Å²) in [6, 6.07) is 22.0. The fraction of sp³-hybridized carbons (Fsp3) is 0.125. The second kappa shape index (κ2) is 7.60. The molecule has 0 saturated carbocycles. The van der Waals surface area contributed by atoms with E-state index in [9.17, 15) is 0 Å². The second-order valence-electron chi connectivity index (χ2n) is 7.37. The lowest BCUT2D eigenvalue weighted by atomic mass is 10.1. The van der Waals surface area contributed by atoms with Gasteiger partial charge in [0.05, 0.1) is 18.1 Å². The van der Waals surface area contributed by atoms with Crippen molar-refractivity contribution in [1.82, 2.24) is 19.5 Å². The molecular weight excluding hydrogens is 388 g/mol. The number of anilines is 2. The average Bonchev–Trinajstić information content (AvgIpc) is 3.13.